The Morgan fingerprint density at radius 1 is 0.808 bits per heavy atom. The molecule has 6 heteroatoms. The number of aliphatic hydroxyl groups excluding tert-OH is 1. The molecule has 1 atom stereocenters. The predicted octanol–water partition coefficient (Wildman–Crippen LogP) is 5.39. The van der Waals surface area contributed by atoms with Gasteiger partial charge in [0.05, 0.1) is 6.61 Å². The lowest BCUT2D eigenvalue weighted by Gasteiger charge is -2.25. The molecule has 0 heterocycles. The summed E-state index contributed by atoms with van der Waals surface area (Å²) in [5.41, 5.74) is 0.274. The summed E-state index contributed by atoms with van der Waals surface area (Å²) in [5, 5.41) is 8.86. The van der Waals surface area contributed by atoms with Crippen LogP contribution in [-0.2, 0) is 13.8 Å². The van der Waals surface area contributed by atoms with E-state index in [1.807, 2.05) is 0 Å². The predicted molar refractivity (Wildman–Crippen MR) is 109 cm³/mol. The van der Waals surface area contributed by atoms with Gasteiger partial charge in [-0.3, -0.25) is 4.57 Å². The fourth-order valence-corrected chi connectivity index (χ4v) is 3.51. The second-order valence-electron chi connectivity index (χ2n) is 9.11. The number of hydrogen-bond donors (Lipinski definition) is 2. The van der Waals surface area contributed by atoms with Crippen LogP contribution in [0.5, 0.6) is 0 Å². The monoisotopic (exact) mass is 394 g/mol. The second kappa shape index (κ2) is 13.3. The Balaban J connectivity index is 3.57. The van der Waals surface area contributed by atoms with E-state index in [2.05, 4.69) is 27.7 Å². The summed E-state index contributed by atoms with van der Waals surface area (Å²) in [6, 6.07) is 0. The van der Waals surface area contributed by atoms with Gasteiger partial charge in [0.1, 0.15) is 0 Å². The van der Waals surface area contributed by atoms with Gasteiger partial charge in [-0.1, -0.05) is 47.0 Å². The van der Waals surface area contributed by atoms with Crippen LogP contribution in [0.4, 0.5) is 0 Å². The third-order valence-corrected chi connectivity index (χ3v) is 5.35. The Morgan fingerprint density at radius 2 is 1.27 bits per heavy atom. The third-order valence-electron chi connectivity index (χ3n) is 4.74. The van der Waals surface area contributed by atoms with E-state index in [1.165, 1.54) is 25.9 Å². The quantitative estimate of drug-likeness (QED) is 0.255. The molecule has 5 nitrogen and oxygen atoms in total. The molecule has 158 valence electrons. The fraction of sp³-hybridized carbons (Fsp3) is 1.00. The largest absolute Gasteiger partial charge is 0.396 e. The van der Waals surface area contributed by atoms with Gasteiger partial charge in [-0.2, -0.15) is 0 Å². The molecule has 0 aliphatic heterocycles. The van der Waals surface area contributed by atoms with E-state index >= 15 is 0 Å². The first-order valence-corrected chi connectivity index (χ1v) is 12.1. The zero-order valence-electron chi connectivity index (χ0n) is 17.8. The van der Waals surface area contributed by atoms with Crippen LogP contribution in [0.15, 0.2) is 0 Å². The van der Waals surface area contributed by atoms with Crippen LogP contribution in [0.2, 0.25) is 0 Å². The van der Waals surface area contributed by atoms with Crippen LogP contribution in [0, 0.1) is 10.8 Å². The van der Waals surface area contributed by atoms with Crippen LogP contribution in [0.25, 0.3) is 0 Å². The fourth-order valence-electron chi connectivity index (χ4n) is 2.92. The molecule has 0 rings (SSSR count). The minimum atomic E-state index is -3.38. The number of unbranched alkanes of at least 4 members (excludes halogenated alkanes) is 3. The second-order valence-corrected chi connectivity index (χ2v) is 11.0. The number of rotatable bonds is 17. The maximum atomic E-state index is 11.2. The SMILES string of the molecule is CC(C)(CCCCO)CCCCOCCCCC(C)(C)COP(C)(=O)O. The van der Waals surface area contributed by atoms with Gasteiger partial charge in [-0.05, 0) is 49.4 Å². The van der Waals surface area contributed by atoms with E-state index in [4.69, 9.17) is 14.4 Å². The normalized spacial score (nSPS) is 15.2. The molecule has 0 spiro atoms. The lowest BCUT2D eigenvalue weighted by Crippen LogP contribution is -2.18. The van der Waals surface area contributed by atoms with Gasteiger partial charge in [-0.25, -0.2) is 0 Å². The first-order chi connectivity index (χ1) is 12.0. The molecule has 0 fully saturated rings. The molecule has 2 N–H and O–H groups in total. The molecule has 0 saturated carbocycles. The van der Waals surface area contributed by atoms with Crippen molar-refractivity contribution in [3.05, 3.63) is 0 Å². The average Bonchev–Trinajstić information content (AvgIpc) is 2.51. The standard InChI is InChI=1S/C20H43O5P/c1-19(2,12-6-9-15-21)13-7-10-16-24-17-11-8-14-20(3,4)18-25-26(5,22)23/h21H,6-18H2,1-5H3,(H,22,23). The van der Waals surface area contributed by atoms with Crippen LogP contribution < -0.4 is 0 Å². The molecule has 0 aliphatic carbocycles. The zero-order chi connectivity index (χ0) is 20.1. The van der Waals surface area contributed by atoms with E-state index in [0.29, 0.717) is 18.6 Å². The molecule has 0 radical (unpaired) electrons. The first kappa shape index (κ1) is 26.1. The molecule has 0 amide bonds. The minimum absolute atomic E-state index is 0.0873. The molecule has 0 saturated heterocycles. The summed E-state index contributed by atoms with van der Waals surface area (Å²) in [7, 11) is -3.38. The molecule has 1 unspecified atom stereocenters. The van der Waals surface area contributed by atoms with Crippen LogP contribution in [0.3, 0.4) is 0 Å². The van der Waals surface area contributed by atoms with Gasteiger partial charge in [0, 0.05) is 26.5 Å². The molecule has 0 aliphatic rings. The van der Waals surface area contributed by atoms with Gasteiger partial charge >= 0.3 is 7.60 Å². The van der Waals surface area contributed by atoms with Crippen molar-refractivity contribution in [1.82, 2.24) is 0 Å². The Kier molecular flexibility index (Phi) is 13.3. The summed E-state index contributed by atoms with van der Waals surface area (Å²) < 4.78 is 22.0. The van der Waals surface area contributed by atoms with Crippen molar-refractivity contribution >= 4 is 7.60 Å². The van der Waals surface area contributed by atoms with Crippen molar-refractivity contribution in [2.75, 3.05) is 33.1 Å². The Hall–Kier alpha value is 0.0700. The number of ether oxygens (including phenoxy) is 1. The van der Waals surface area contributed by atoms with Crippen molar-refractivity contribution in [3.8, 4) is 0 Å². The summed E-state index contributed by atoms with van der Waals surface area (Å²) in [6.07, 6.45) is 9.70. The van der Waals surface area contributed by atoms with Gasteiger partial charge < -0.3 is 19.3 Å². The van der Waals surface area contributed by atoms with E-state index in [0.717, 1.165) is 51.7 Å². The smallest absolute Gasteiger partial charge is 0.325 e. The first-order valence-electron chi connectivity index (χ1n) is 10.1. The Labute approximate surface area is 161 Å². The lowest BCUT2D eigenvalue weighted by molar-refractivity contribution is 0.113. The minimum Gasteiger partial charge on any atom is -0.396 e. The number of aliphatic hydroxyl groups is 1. The van der Waals surface area contributed by atoms with E-state index in [9.17, 15) is 9.46 Å². The van der Waals surface area contributed by atoms with E-state index in [1.54, 1.807) is 0 Å². The maximum Gasteiger partial charge on any atom is 0.325 e. The Morgan fingerprint density at radius 3 is 1.73 bits per heavy atom. The highest BCUT2D eigenvalue weighted by Crippen LogP contribution is 2.39. The van der Waals surface area contributed by atoms with Crippen LogP contribution in [-0.4, -0.2) is 43.1 Å². The molecule has 26 heavy (non-hydrogen) atoms. The zero-order valence-corrected chi connectivity index (χ0v) is 18.7. The Bertz CT molecular complexity index is 390. The van der Waals surface area contributed by atoms with Gasteiger partial charge in [-0.15, -0.1) is 0 Å². The molecular formula is C20H43O5P. The van der Waals surface area contributed by atoms with Gasteiger partial charge in [0.2, 0.25) is 0 Å². The molecule has 0 bridgehead atoms. The van der Waals surface area contributed by atoms with Gasteiger partial charge in [0.15, 0.2) is 0 Å². The summed E-state index contributed by atoms with van der Waals surface area (Å²) in [5.74, 6) is 0. The van der Waals surface area contributed by atoms with Crippen LogP contribution >= 0.6 is 7.60 Å². The molecular weight excluding hydrogens is 351 g/mol. The third kappa shape index (κ3) is 17.5. The van der Waals surface area contributed by atoms with Crippen molar-refractivity contribution < 1.29 is 23.8 Å². The highest BCUT2D eigenvalue weighted by Gasteiger charge is 2.22. The number of hydrogen-bond acceptors (Lipinski definition) is 4. The summed E-state index contributed by atoms with van der Waals surface area (Å²) in [4.78, 5) is 9.20. The van der Waals surface area contributed by atoms with Crippen molar-refractivity contribution in [1.29, 1.82) is 0 Å². The summed E-state index contributed by atoms with van der Waals surface area (Å²) in [6.45, 7) is 12.2. The topological polar surface area (TPSA) is 76.0 Å². The van der Waals surface area contributed by atoms with Crippen molar-refractivity contribution in [2.45, 2.75) is 85.5 Å². The van der Waals surface area contributed by atoms with Crippen molar-refractivity contribution in [3.63, 3.8) is 0 Å². The highest BCUT2D eigenvalue weighted by atomic mass is 31.2. The molecule has 0 aromatic heterocycles. The summed E-state index contributed by atoms with van der Waals surface area (Å²) >= 11 is 0. The van der Waals surface area contributed by atoms with Crippen LogP contribution in [0.1, 0.15) is 85.5 Å². The molecule has 0 aromatic carbocycles. The maximum absolute atomic E-state index is 11.2. The van der Waals surface area contributed by atoms with Gasteiger partial charge in [0.25, 0.3) is 0 Å². The van der Waals surface area contributed by atoms with Crippen molar-refractivity contribution in [2.24, 2.45) is 10.8 Å². The molecule has 0 aromatic rings. The van der Waals surface area contributed by atoms with E-state index in [-0.39, 0.29) is 5.41 Å². The average molecular weight is 395 g/mol. The lowest BCUT2D eigenvalue weighted by atomic mass is 9.82. The van der Waals surface area contributed by atoms with E-state index < -0.39 is 7.60 Å². The highest BCUT2D eigenvalue weighted by molar-refractivity contribution is 7.51.